The number of amides is 1. The second-order valence-corrected chi connectivity index (χ2v) is 5.56. The first-order valence-corrected chi connectivity index (χ1v) is 7.61. The molecule has 1 aromatic carbocycles. The summed E-state index contributed by atoms with van der Waals surface area (Å²) in [6.07, 6.45) is 4.74. The van der Waals surface area contributed by atoms with Crippen LogP contribution in [0.15, 0.2) is 24.3 Å². The molecule has 1 saturated carbocycles. The fourth-order valence-electron chi connectivity index (χ4n) is 2.62. The third-order valence-electron chi connectivity index (χ3n) is 3.93. The van der Waals surface area contributed by atoms with E-state index in [1.165, 1.54) is 13.5 Å². The van der Waals surface area contributed by atoms with Crippen LogP contribution in [0.25, 0.3) is 0 Å². The van der Waals surface area contributed by atoms with Crippen LogP contribution in [0.4, 0.5) is 0 Å². The lowest BCUT2D eigenvalue weighted by atomic mass is 9.95. The van der Waals surface area contributed by atoms with Gasteiger partial charge < -0.3 is 10.1 Å². The van der Waals surface area contributed by atoms with Crippen LogP contribution in [0.3, 0.4) is 0 Å². The number of Topliss-reactive ketones (excluding diaryl/α,β-unsaturated/α-hetero) is 2. The zero-order valence-corrected chi connectivity index (χ0v) is 12.8. The Balaban J connectivity index is 1.86. The summed E-state index contributed by atoms with van der Waals surface area (Å²) in [4.78, 5) is 35.7. The van der Waals surface area contributed by atoms with E-state index in [9.17, 15) is 14.4 Å². The second-order valence-electron chi connectivity index (χ2n) is 5.56. The molecule has 1 aliphatic rings. The third-order valence-corrected chi connectivity index (χ3v) is 3.93. The minimum atomic E-state index is -0.675. The molecule has 118 valence electrons. The number of hydrogen-bond acceptors (Lipinski definition) is 4. The van der Waals surface area contributed by atoms with Crippen molar-refractivity contribution in [1.29, 1.82) is 0 Å². The Morgan fingerprint density at radius 2 is 1.73 bits per heavy atom. The molecule has 0 unspecified atom stereocenters. The van der Waals surface area contributed by atoms with Crippen LogP contribution < -0.4 is 10.1 Å². The van der Waals surface area contributed by atoms with Crippen molar-refractivity contribution in [1.82, 2.24) is 5.32 Å². The molecule has 1 fully saturated rings. The number of ether oxygens (including phenoxy) is 1. The van der Waals surface area contributed by atoms with Gasteiger partial charge in [-0.3, -0.25) is 14.4 Å². The highest BCUT2D eigenvalue weighted by Gasteiger charge is 2.22. The summed E-state index contributed by atoms with van der Waals surface area (Å²) >= 11 is 0. The van der Waals surface area contributed by atoms with Crippen molar-refractivity contribution in [2.45, 2.75) is 44.6 Å². The minimum Gasteiger partial charge on any atom is -0.497 e. The van der Waals surface area contributed by atoms with Crippen LogP contribution in [-0.4, -0.2) is 30.6 Å². The topological polar surface area (TPSA) is 72.5 Å². The molecule has 1 amide bonds. The van der Waals surface area contributed by atoms with Crippen molar-refractivity contribution in [3.8, 4) is 5.75 Å². The Hall–Kier alpha value is -2.17. The molecule has 0 spiro atoms. The molecule has 1 aromatic rings. The van der Waals surface area contributed by atoms with Crippen molar-refractivity contribution < 1.29 is 19.1 Å². The maximum Gasteiger partial charge on any atom is 0.288 e. The molecule has 2 rings (SSSR count). The zero-order valence-electron chi connectivity index (χ0n) is 12.8. The SMILES string of the molecule is COc1ccc(C(=O)CC(=O)C(=O)NC2CCCCC2)cc1. The number of ketones is 2. The first-order valence-electron chi connectivity index (χ1n) is 7.61. The standard InChI is InChI=1S/C17H21NO4/c1-22-14-9-7-12(8-10-14)15(19)11-16(20)17(21)18-13-5-3-2-4-6-13/h7-10,13H,2-6,11H2,1H3,(H,18,21). The molecule has 1 N–H and O–H groups in total. The lowest BCUT2D eigenvalue weighted by Crippen LogP contribution is -2.40. The van der Waals surface area contributed by atoms with E-state index in [1.807, 2.05) is 0 Å². The van der Waals surface area contributed by atoms with Gasteiger partial charge in [0, 0.05) is 11.6 Å². The van der Waals surface area contributed by atoms with Gasteiger partial charge in [-0.25, -0.2) is 0 Å². The molecular weight excluding hydrogens is 282 g/mol. The van der Waals surface area contributed by atoms with Crippen LogP contribution >= 0.6 is 0 Å². The Labute approximate surface area is 130 Å². The van der Waals surface area contributed by atoms with Gasteiger partial charge in [-0.2, -0.15) is 0 Å². The quantitative estimate of drug-likeness (QED) is 0.497. The smallest absolute Gasteiger partial charge is 0.288 e. The van der Waals surface area contributed by atoms with Crippen LogP contribution in [0.2, 0.25) is 0 Å². The summed E-state index contributed by atoms with van der Waals surface area (Å²) < 4.78 is 5.01. The summed E-state index contributed by atoms with van der Waals surface area (Å²) in [6, 6.07) is 6.56. The van der Waals surface area contributed by atoms with Crippen molar-refractivity contribution in [2.75, 3.05) is 7.11 Å². The first-order chi connectivity index (χ1) is 10.6. The van der Waals surface area contributed by atoms with Crippen molar-refractivity contribution in [3.63, 3.8) is 0 Å². The van der Waals surface area contributed by atoms with E-state index in [4.69, 9.17) is 4.74 Å². The Bertz CT molecular complexity index is 544. The normalized spacial score (nSPS) is 15.1. The van der Waals surface area contributed by atoms with Crippen LogP contribution in [0, 0.1) is 0 Å². The van der Waals surface area contributed by atoms with Gasteiger partial charge >= 0.3 is 0 Å². The van der Waals surface area contributed by atoms with Crippen molar-refractivity contribution >= 4 is 17.5 Å². The minimum absolute atomic E-state index is 0.0706. The predicted octanol–water partition coefficient (Wildman–Crippen LogP) is 2.29. The summed E-state index contributed by atoms with van der Waals surface area (Å²) in [7, 11) is 1.54. The molecule has 0 aliphatic heterocycles. The summed E-state index contributed by atoms with van der Waals surface area (Å²) in [5, 5.41) is 2.73. The van der Waals surface area contributed by atoms with Gasteiger partial charge in [0.25, 0.3) is 5.91 Å². The number of carbonyl (C=O) groups excluding carboxylic acids is 3. The molecule has 0 heterocycles. The summed E-state index contributed by atoms with van der Waals surface area (Å²) in [5.74, 6) is -1.04. The lowest BCUT2D eigenvalue weighted by Gasteiger charge is -2.22. The number of hydrogen-bond donors (Lipinski definition) is 1. The van der Waals surface area contributed by atoms with Gasteiger partial charge in [0.1, 0.15) is 5.75 Å². The van der Waals surface area contributed by atoms with Crippen molar-refractivity contribution in [3.05, 3.63) is 29.8 Å². The number of rotatable bonds is 6. The molecule has 0 bridgehead atoms. The molecule has 5 nitrogen and oxygen atoms in total. The number of nitrogens with one attached hydrogen (secondary N) is 1. The van der Waals surface area contributed by atoms with E-state index >= 15 is 0 Å². The van der Waals surface area contributed by atoms with Gasteiger partial charge in [-0.15, -0.1) is 0 Å². The summed E-state index contributed by atoms with van der Waals surface area (Å²) in [5.41, 5.74) is 0.402. The highest BCUT2D eigenvalue weighted by Crippen LogP contribution is 2.17. The second kappa shape index (κ2) is 7.73. The maximum atomic E-state index is 12.0. The number of benzene rings is 1. The van der Waals surface area contributed by atoms with E-state index < -0.39 is 18.1 Å². The fourth-order valence-corrected chi connectivity index (χ4v) is 2.62. The zero-order chi connectivity index (χ0) is 15.9. The van der Waals surface area contributed by atoms with E-state index in [-0.39, 0.29) is 11.8 Å². The van der Waals surface area contributed by atoms with Gasteiger partial charge in [0.05, 0.1) is 13.5 Å². The van der Waals surface area contributed by atoms with E-state index in [0.29, 0.717) is 11.3 Å². The molecular formula is C17H21NO4. The van der Waals surface area contributed by atoms with Gasteiger partial charge in [-0.1, -0.05) is 19.3 Å². The average Bonchev–Trinajstić information content (AvgIpc) is 2.55. The molecule has 0 saturated heterocycles. The highest BCUT2D eigenvalue weighted by molar-refractivity contribution is 6.40. The lowest BCUT2D eigenvalue weighted by molar-refractivity contribution is -0.138. The Morgan fingerprint density at radius 3 is 2.32 bits per heavy atom. The number of methoxy groups -OCH3 is 1. The van der Waals surface area contributed by atoms with Crippen molar-refractivity contribution in [2.24, 2.45) is 0 Å². The summed E-state index contributed by atoms with van der Waals surface area (Å²) in [6.45, 7) is 0. The van der Waals surface area contributed by atoms with Crippen LogP contribution in [0.1, 0.15) is 48.9 Å². The first kappa shape index (κ1) is 16.2. The van der Waals surface area contributed by atoms with Gasteiger partial charge in [-0.05, 0) is 37.1 Å². The highest BCUT2D eigenvalue weighted by atomic mass is 16.5. The molecule has 22 heavy (non-hydrogen) atoms. The van der Waals surface area contributed by atoms with Crippen LogP contribution in [0.5, 0.6) is 5.75 Å². The molecule has 1 aliphatic carbocycles. The largest absolute Gasteiger partial charge is 0.497 e. The van der Waals surface area contributed by atoms with E-state index in [0.717, 1.165) is 25.7 Å². The third kappa shape index (κ3) is 4.41. The predicted molar refractivity (Wildman–Crippen MR) is 82.0 cm³/mol. The average molecular weight is 303 g/mol. The van der Waals surface area contributed by atoms with Gasteiger partial charge in [0.2, 0.25) is 5.78 Å². The molecule has 0 aromatic heterocycles. The van der Waals surface area contributed by atoms with Crippen LogP contribution in [-0.2, 0) is 9.59 Å². The maximum absolute atomic E-state index is 12.0. The molecule has 5 heteroatoms. The Kier molecular flexibility index (Phi) is 5.69. The Morgan fingerprint density at radius 1 is 1.09 bits per heavy atom. The fraction of sp³-hybridized carbons (Fsp3) is 0.471. The molecule has 0 atom stereocenters. The van der Waals surface area contributed by atoms with E-state index in [2.05, 4.69) is 5.32 Å². The number of carbonyl (C=O) groups is 3. The monoisotopic (exact) mass is 303 g/mol. The molecule has 0 radical (unpaired) electrons. The van der Waals surface area contributed by atoms with Gasteiger partial charge in [0.15, 0.2) is 5.78 Å². The van der Waals surface area contributed by atoms with E-state index in [1.54, 1.807) is 24.3 Å².